The Hall–Kier alpha value is -8.08. The summed E-state index contributed by atoms with van der Waals surface area (Å²) in [6.45, 7) is 16.1. The minimum Gasteiger partial charge on any atom is -0.506 e. The molecule has 7 rings (SSSR count). The van der Waals surface area contributed by atoms with Crippen molar-refractivity contribution in [2.24, 2.45) is 35.5 Å². The zero-order valence-corrected chi connectivity index (χ0v) is 58.8. The Morgan fingerprint density at radius 2 is 0.922 bits per heavy atom. The van der Waals surface area contributed by atoms with Crippen molar-refractivity contribution >= 4 is 69.1 Å². The van der Waals surface area contributed by atoms with E-state index in [-0.39, 0.29) is 45.9 Å². The molecule has 0 spiro atoms. The van der Waals surface area contributed by atoms with Gasteiger partial charge in [-0.1, -0.05) is 83.1 Å². The molecule has 0 radical (unpaired) electrons. The molecule has 102 heavy (non-hydrogen) atoms. The molecule has 3 saturated heterocycles. The minimum atomic E-state index is -4.78. The number of esters is 3. The van der Waals surface area contributed by atoms with Crippen LogP contribution in [0.3, 0.4) is 0 Å². The van der Waals surface area contributed by atoms with Crippen LogP contribution in [0, 0.1) is 42.4 Å². The molecule has 4 aromatic rings. The number of pyridine rings is 1. The average molecular weight is 1500 g/mol. The second-order valence-electron chi connectivity index (χ2n) is 24.8. The topological polar surface area (TPSA) is 477 Å². The molecule has 0 aromatic carbocycles. The molecule has 7 heterocycles. The first kappa shape index (κ1) is 84.6. The smallest absolute Gasteiger partial charge is 0.506 e. The van der Waals surface area contributed by atoms with Crippen LogP contribution in [0.2, 0.25) is 0 Å². The molecular weight excluding hydrogens is 1420 g/mol. The summed E-state index contributed by atoms with van der Waals surface area (Å²) >= 11 is 0. The summed E-state index contributed by atoms with van der Waals surface area (Å²) in [4.78, 5) is 142. The van der Waals surface area contributed by atoms with Gasteiger partial charge in [0.2, 0.25) is 36.4 Å². The SMILES string of the molecule is CC(C)C(=O)Nc1ccn([C@@H]2O[C@H](CO)C(OC(=O)C(C)C)C2(F)F)c(=O)n1.CC(C)C(=O)Nc1ccn([C@@H]2O[C@H](CO[P+](=O)O)C(OC(=O)C(C)C)C2(F)F)c(=O)n1.Cc1ncc(CO)c(CNP(=O)(O)OC[C@H]2O[C@@H](n3ccc(NC(=O)C(C)C)nc3=O)C(F)(F)C2OC(=O)C(C)C)c1O. The van der Waals surface area contributed by atoms with E-state index in [2.05, 4.69) is 45.5 Å². The number of hydrogen-bond donors (Lipinski definition) is 9. The second-order valence-corrected chi connectivity index (χ2v) is 27.2. The van der Waals surface area contributed by atoms with E-state index in [4.69, 9.17) is 37.8 Å². The number of alkyl halides is 6. The molecule has 35 nitrogen and oxygen atoms in total. The van der Waals surface area contributed by atoms with Crippen molar-refractivity contribution < 1.29 is 127 Å². The number of aromatic nitrogens is 7. The number of amides is 3. The van der Waals surface area contributed by atoms with Gasteiger partial charge in [0.15, 0.2) is 18.3 Å². The van der Waals surface area contributed by atoms with Gasteiger partial charge in [-0.05, 0) is 25.1 Å². The lowest BCUT2D eigenvalue weighted by Gasteiger charge is -2.25. The lowest BCUT2D eigenvalue weighted by Crippen LogP contribution is -2.45. The van der Waals surface area contributed by atoms with Crippen LogP contribution in [0.5, 0.6) is 5.75 Å². The van der Waals surface area contributed by atoms with Crippen molar-refractivity contribution in [3.05, 3.63) is 91.3 Å². The molecule has 0 bridgehead atoms. The number of aliphatic hydroxyl groups is 2. The third-order valence-corrected chi connectivity index (χ3v) is 16.2. The average Bonchev–Trinajstić information content (AvgIpc) is 1.63. The molecule has 11 atom stereocenters. The van der Waals surface area contributed by atoms with Gasteiger partial charge in [0.1, 0.15) is 48.1 Å². The first-order valence-electron chi connectivity index (χ1n) is 31.1. The van der Waals surface area contributed by atoms with Gasteiger partial charge >= 0.3 is 68.7 Å². The predicted molar refractivity (Wildman–Crippen MR) is 339 cm³/mol. The van der Waals surface area contributed by atoms with Crippen LogP contribution < -0.4 is 38.1 Å². The quantitative estimate of drug-likeness (QED) is 0.0183. The van der Waals surface area contributed by atoms with Crippen molar-refractivity contribution in [2.75, 3.05) is 35.8 Å². The van der Waals surface area contributed by atoms with Crippen LogP contribution in [0.1, 0.15) is 119 Å². The largest absolute Gasteiger partial charge is 0.694 e. The maximum absolute atomic E-state index is 15.7. The molecule has 566 valence electrons. The van der Waals surface area contributed by atoms with Gasteiger partial charge in [0.25, 0.3) is 0 Å². The number of carbonyl (C=O) groups excluding carboxylic acids is 6. The van der Waals surface area contributed by atoms with Crippen molar-refractivity contribution in [1.29, 1.82) is 0 Å². The number of aromatic hydroxyl groups is 1. The number of carbonyl (C=O) groups is 6. The van der Waals surface area contributed by atoms with Crippen molar-refractivity contribution in [3.8, 4) is 5.75 Å². The van der Waals surface area contributed by atoms with E-state index in [0.717, 1.165) is 30.7 Å². The zero-order valence-electron chi connectivity index (χ0n) is 57.0. The Kier molecular flexibility index (Phi) is 29.4. The second kappa shape index (κ2) is 35.4. The van der Waals surface area contributed by atoms with Gasteiger partial charge in [-0.3, -0.25) is 52.0 Å². The van der Waals surface area contributed by atoms with Crippen LogP contribution in [0.15, 0.2) is 57.4 Å². The molecule has 3 aliphatic rings. The van der Waals surface area contributed by atoms with Gasteiger partial charge in [0.05, 0.1) is 43.3 Å². The Morgan fingerprint density at radius 3 is 1.23 bits per heavy atom. The van der Waals surface area contributed by atoms with Crippen LogP contribution >= 0.6 is 16.0 Å². The van der Waals surface area contributed by atoms with Gasteiger partial charge in [-0.2, -0.15) is 41.3 Å². The van der Waals surface area contributed by atoms with E-state index < -0.39 is 204 Å². The van der Waals surface area contributed by atoms with E-state index in [1.165, 1.54) is 60.7 Å². The minimum absolute atomic E-state index is 0.0558. The van der Waals surface area contributed by atoms with E-state index >= 15 is 17.6 Å². The Labute approximate surface area is 577 Å². The molecule has 3 fully saturated rings. The molecule has 5 unspecified atom stereocenters. The fraction of sp³-hybridized carbons (Fsp3) is 0.610. The number of rotatable bonds is 26. The maximum atomic E-state index is 15.7. The van der Waals surface area contributed by atoms with Gasteiger partial charge in [0, 0.05) is 64.8 Å². The van der Waals surface area contributed by atoms with Gasteiger partial charge < -0.3 is 64.6 Å². The summed E-state index contributed by atoms with van der Waals surface area (Å²) in [6, 6.07) is 3.40. The van der Waals surface area contributed by atoms with E-state index in [9.17, 15) is 81.3 Å². The van der Waals surface area contributed by atoms with Crippen molar-refractivity contribution in [2.45, 2.75) is 176 Å². The number of ether oxygens (including phenoxy) is 6. The Bertz CT molecular complexity index is 3920. The molecule has 9 N–H and O–H groups in total. The zero-order chi connectivity index (χ0) is 77.0. The van der Waals surface area contributed by atoms with Gasteiger partial charge in [-0.15, -0.1) is 9.42 Å². The summed E-state index contributed by atoms with van der Waals surface area (Å²) in [6.07, 6.45) is -14.2. The third-order valence-electron chi connectivity index (χ3n) is 14.8. The van der Waals surface area contributed by atoms with E-state index in [1.807, 2.05) is 0 Å². The van der Waals surface area contributed by atoms with Crippen molar-refractivity contribution in [1.82, 2.24) is 38.7 Å². The Balaban J connectivity index is 0.000000284. The number of nitrogens with zero attached hydrogens (tertiary/aromatic N) is 7. The van der Waals surface area contributed by atoms with Crippen LogP contribution in [0.25, 0.3) is 0 Å². The summed E-state index contributed by atoms with van der Waals surface area (Å²) in [7, 11) is -7.91. The normalized spacial score (nSPS) is 22.5. The number of aryl methyl sites for hydroxylation is 1. The van der Waals surface area contributed by atoms with Crippen LogP contribution in [-0.2, 0) is 88.5 Å². The number of aliphatic hydroxyl groups excluding tert-OH is 2. The van der Waals surface area contributed by atoms with Crippen LogP contribution in [-0.4, -0.2) is 169 Å². The highest BCUT2D eigenvalue weighted by molar-refractivity contribution is 7.50. The lowest BCUT2D eigenvalue weighted by atomic mass is 10.1. The summed E-state index contributed by atoms with van der Waals surface area (Å²) < 4.78 is 156. The number of hydrogen-bond acceptors (Lipinski definition) is 26. The highest BCUT2D eigenvalue weighted by Crippen LogP contribution is 2.48. The Morgan fingerprint density at radius 1 is 0.588 bits per heavy atom. The molecule has 43 heteroatoms. The van der Waals surface area contributed by atoms with E-state index in [0.29, 0.717) is 13.7 Å². The van der Waals surface area contributed by atoms with Gasteiger partial charge in [-0.25, -0.2) is 24.0 Å². The fourth-order valence-corrected chi connectivity index (χ4v) is 9.96. The monoisotopic (exact) mass is 1500 g/mol. The first-order valence-corrected chi connectivity index (χ1v) is 33.8. The fourth-order valence-electron chi connectivity index (χ4n) is 8.89. The number of nitrogens with one attached hydrogen (secondary N) is 4. The predicted octanol–water partition coefficient (Wildman–Crippen LogP) is 4.28. The molecular formula is C59H80F6N11O24P2+. The first-order chi connectivity index (χ1) is 47.3. The molecule has 3 aliphatic heterocycles. The summed E-state index contributed by atoms with van der Waals surface area (Å²) in [5.41, 5.74) is -3.07. The lowest BCUT2D eigenvalue weighted by molar-refractivity contribution is -0.179. The van der Waals surface area contributed by atoms with Crippen molar-refractivity contribution in [3.63, 3.8) is 0 Å². The molecule has 0 aliphatic carbocycles. The number of halogens is 6. The number of anilines is 3. The maximum Gasteiger partial charge on any atom is 0.694 e. The molecule has 0 saturated carbocycles. The van der Waals surface area contributed by atoms with E-state index in [1.54, 1.807) is 41.5 Å². The van der Waals surface area contributed by atoms with Crippen LogP contribution in [0.4, 0.5) is 43.8 Å². The summed E-state index contributed by atoms with van der Waals surface area (Å²) in [5, 5.41) is 38.4. The standard InChI is InChI=1S/C25H34F2N5O10P.C17H22F2N3O8P.C17H23F2N3O6/c1-12(2)21(35)30-18-6-7-32(24(37)31-18)23-25(26,27)20(42-22(36)13(3)4)17(41-23)11-40-43(38,39)29-9-16-15(10-33)8-28-14(5)19(16)34;1-8(2)13(23)20-11-5-6-22(16(25)21-11)15-17(18,19)12(30-14(24)9(3)4)10(29-15)7-28-31(26)27;1-8(2)13(24)20-11-5-6-22(16(26)21-11)15-17(18,19)12(10(7-23)27-15)28-14(25)9(3)4/h6-8,12-13,17,20,23,33-34H,9-11H2,1-5H3,(H2,29,38,39)(H,30,31,35,37);5-6,8-10,12,15H,7H2,1-4H3,(H-,20,21,23,25,26,27);5-6,8-10,12,15,23H,7H2,1-4H3,(H,20,21,24,26)/p+1/t17-,20?,23-;2*10-,12?,15-/m111/s1. The highest BCUT2D eigenvalue weighted by atomic mass is 31.2. The molecule has 4 aromatic heterocycles. The highest BCUT2D eigenvalue weighted by Gasteiger charge is 2.65. The molecule has 3 amide bonds. The summed E-state index contributed by atoms with van der Waals surface area (Å²) in [5.74, 6) is -20.1. The third kappa shape index (κ3) is 21.3.